The van der Waals surface area contributed by atoms with Crippen LogP contribution in [0.15, 0.2) is 42.7 Å². The molecule has 2 heterocycles. The molecule has 1 saturated heterocycles. The molecule has 10 nitrogen and oxygen atoms in total. The van der Waals surface area contributed by atoms with Crippen LogP contribution in [0.3, 0.4) is 0 Å². The molecule has 0 bridgehead atoms. The summed E-state index contributed by atoms with van der Waals surface area (Å²) in [4.78, 5) is 25.7. The van der Waals surface area contributed by atoms with Gasteiger partial charge in [0.1, 0.15) is 24.0 Å². The van der Waals surface area contributed by atoms with Crippen molar-refractivity contribution in [3.05, 3.63) is 70.5 Å². The van der Waals surface area contributed by atoms with Gasteiger partial charge in [0.2, 0.25) is 5.91 Å². The number of hydrazine groups is 1. The third-order valence-corrected chi connectivity index (χ3v) is 5.46. The normalized spacial score (nSPS) is 17.5. The SMILES string of the molecule is O=C(NC(=O)[C@](O)(Cc1cc(Cl)ccc1-n1cnnn1)c1ccc(F)cc1F)C1CCNN1. The number of nitrogens with zero attached hydrogens (tertiary/aromatic N) is 4. The molecule has 3 aromatic rings. The smallest absolute Gasteiger partial charge is 0.263 e. The van der Waals surface area contributed by atoms with Crippen LogP contribution >= 0.6 is 11.6 Å². The Hall–Kier alpha value is -3.32. The van der Waals surface area contributed by atoms with Gasteiger partial charge in [-0.15, -0.1) is 5.10 Å². The van der Waals surface area contributed by atoms with Gasteiger partial charge in [-0.05, 0) is 52.7 Å². The molecular formula is C20H18ClF2N7O3. The van der Waals surface area contributed by atoms with Crippen molar-refractivity contribution >= 4 is 23.4 Å². The molecule has 172 valence electrons. The second-order valence-corrected chi connectivity index (χ2v) is 7.86. The third kappa shape index (κ3) is 4.73. The Morgan fingerprint density at radius 2 is 2.09 bits per heavy atom. The van der Waals surface area contributed by atoms with Gasteiger partial charge in [-0.1, -0.05) is 11.6 Å². The summed E-state index contributed by atoms with van der Waals surface area (Å²) in [6.45, 7) is 0.501. The van der Waals surface area contributed by atoms with Crippen molar-refractivity contribution in [3.8, 4) is 5.69 Å². The fraction of sp³-hybridized carbons (Fsp3) is 0.250. The lowest BCUT2D eigenvalue weighted by Crippen LogP contribution is -2.53. The standard InChI is InChI=1S/C20H18ClF2N7O3/c21-12-1-4-17(30-10-25-28-29-30)11(7-12)9-20(33,14-3-2-13(22)8-15(14)23)19(32)26-18(31)16-5-6-24-27-16/h1-4,7-8,10,16,24,27,33H,5-6,9H2,(H,26,31,32)/t16?,20-/m0/s1. The van der Waals surface area contributed by atoms with Gasteiger partial charge in [0.25, 0.3) is 5.91 Å². The second kappa shape index (κ2) is 9.27. The number of hydrogen-bond acceptors (Lipinski definition) is 8. The zero-order chi connectivity index (χ0) is 23.6. The molecule has 1 aliphatic heterocycles. The first-order valence-corrected chi connectivity index (χ1v) is 10.2. The number of aromatic nitrogens is 4. The molecule has 0 saturated carbocycles. The number of nitrogens with one attached hydrogen (secondary N) is 3. The molecule has 0 spiro atoms. The van der Waals surface area contributed by atoms with E-state index in [4.69, 9.17) is 11.6 Å². The number of aliphatic hydroxyl groups is 1. The van der Waals surface area contributed by atoms with Crippen LogP contribution in [0.2, 0.25) is 5.02 Å². The maximum absolute atomic E-state index is 14.7. The van der Waals surface area contributed by atoms with Crippen molar-refractivity contribution in [2.45, 2.75) is 24.5 Å². The van der Waals surface area contributed by atoms with Crippen LogP contribution in [0.5, 0.6) is 0 Å². The lowest BCUT2D eigenvalue weighted by molar-refractivity contribution is -0.145. The van der Waals surface area contributed by atoms with Crippen LogP contribution < -0.4 is 16.2 Å². The van der Waals surface area contributed by atoms with E-state index in [9.17, 15) is 23.5 Å². The predicted molar refractivity (Wildman–Crippen MR) is 111 cm³/mol. The third-order valence-electron chi connectivity index (χ3n) is 5.22. The van der Waals surface area contributed by atoms with Gasteiger partial charge >= 0.3 is 0 Å². The molecule has 33 heavy (non-hydrogen) atoms. The van der Waals surface area contributed by atoms with E-state index < -0.39 is 47.1 Å². The van der Waals surface area contributed by atoms with E-state index in [1.165, 1.54) is 17.1 Å². The summed E-state index contributed by atoms with van der Waals surface area (Å²) < 4.78 is 29.6. The van der Waals surface area contributed by atoms with Crippen LogP contribution in [0, 0.1) is 11.6 Å². The Kier molecular flexibility index (Phi) is 6.42. The van der Waals surface area contributed by atoms with E-state index in [1.807, 2.05) is 0 Å². The van der Waals surface area contributed by atoms with Crippen molar-refractivity contribution in [2.24, 2.45) is 0 Å². The molecule has 0 aliphatic carbocycles. The highest BCUT2D eigenvalue weighted by molar-refractivity contribution is 6.30. The molecular weight excluding hydrogens is 460 g/mol. The highest BCUT2D eigenvalue weighted by Crippen LogP contribution is 2.32. The van der Waals surface area contributed by atoms with Crippen LogP contribution in [-0.4, -0.2) is 49.7 Å². The van der Waals surface area contributed by atoms with E-state index in [0.29, 0.717) is 24.7 Å². The summed E-state index contributed by atoms with van der Waals surface area (Å²) >= 11 is 6.12. The van der Waals surface area contributed by atoms with Crippen molar-refractivity contribution in [1.29, 1.82) is 0 Å². The average Bonchev–Trinajstić information content (AvgIpc) is 3.48. The summed E-state index contributed by atoms with van der Waals surface area (Å²) in [5.74, 6) is -3.95. The topological polar surface area (TPSA) is 134 Å². The molecule has 1 aliphatic rings. The quantitative estimate of drug-likeness (QED) is 0.404. The van der Waals surface area contributed by atoms with Gasteiger partial charge in [0, 0.05) is 29.6 Å². The number of benzene rings is 2. The first-order chi connectivity index (χ1) is 15.8. The fourth-order valence-corrected chi connectivity index (χ4v) is 3.77. The number of amides is 2. The molecule has 13 heteroatoms. The number of imide groups is 1. The minimum Gasteiger partial charge on any atom is -0.375 e. The number of tetrazole rings is 1. The number of hydrogen-bond donors (Lipinski definition) is 4. The van der Waals surface area contributed by atoms with Gasteiger partial charge < -0.3 is 5.11 Å². The van der Waals surface area contributed by atoms with Crippen molar-refractivity contribution < 1.29 is 23.5 Å². The fourth-order valence-electron chi connectivity index (χ4n) is 3.57. The molecule has 2 atom stereocenters. The van der Waals surface area contributed by atoms with E-state index in [0.717, 1.165) is 12.1 Å². The maximum atomic E-state index is 14.7. The number of rotatable bonds is 6. The lowest BCUT2D eigenvalue weighted by Gasteiger charge is -2.29. The minimum atomic E-state index is -2.60. The van der Waals surface area contributed by atoms with E-state index in [1.54, 1.807) is 12.1 Å². The predicted octanol–water partition coefficient (Wildman–Crippen LogP) is 0.533. The first-order valence-electron chi connectivity index (χ1n) is 9.81. The van der Waals surface area contributed by atoms with Gasteiger partial charge in [-0.2, -0.15) is 0 Å². The van der Waals surface area contributed by atoms with Gasteiger partial charge in [0.15, 0.2) is 5.60 Å². The molecule has 4 rings (SSSR count). The highest BCUT2D eigenvalue weighted by Gasteiger charge is 2.43. The first kappa shape index (κ1) is 22.9. The Morgan fingerprint density at radius 1 is 1.27 bits per heavy atom. The van der Waals surface area contributed by atoms with Crippen molar-refractivity contribution in [3.63, 3.8) is 0 Å². The minimum absolute atomic E-state index is 0.265. The Bertz CT molecular complexity index is 1190. The molecule has 1 fully saturated rings. The zero-order valence-electron chi connectivity index (χ0n) is 16.9. The zero-order valence-corrected chi connectivity index (χ0v) is 17.7. The largest absolute Gasteiger partial charge is 0.375 e. The van der Waals surface area contributed by atoms with E-state index in [-0.39, 0.29) is 10.6 Å². The van der Waals surface area contributed by atoms with E-state index in [2.05, 4.69) is 31.7 Å². The molecule has 2 amide bonds. The number of carbonyl (C=O) groups is 2. The lowest BCUT2D eigenvalue weighted by atomic mass is 9.85. The van der Waals surface area contributed by atoms with Crippen LogP contribution in [0.25, 0.3) is 5.69 Å². The highest BCUT2D eigenvalue weighted by atomic mass is 35.5. The number of carbonyl (C=O) groups excluding carboxylic acids is 2. The Balaban J connectivity index is 1.76. The molecule has 1 aromatic heterocycles. The number of halogens is 3. The summed E-state index contributed by atoms with van der Waals surface area (Å²) in [7, 11) is 0. The summed E-state index contributed by atoms with van der Waals surface area (Å²) in [5, 5.41) is 24.8. The summed E-state index contributed by atoms with van der Waals surface area (Å²) in [6, 6.07) is 6.21. The van der Waals surface area contributed by atoms with Crippen molar-refractivity contribution in [1.82, 2.24) is 36.4 Å². The Labute approximate surface area is 190 Å². The second-order valence-electron chi connectivity index (χ2n) is 7.42. The van der Waals surface area contributed by atoms with Gasteiger partial charge in [-0.25, -0.2) is 18.9 Å². The van der Waals surface area contributed by atoms with Gasteiger partial charge in [0.05, 0.1) is 5.69 Å². The van der Waals surface area contributed by atoms with Crippen LogP contribution in [-0.2, 0) is 21.6 Å². The van der Waals surface area contributed by atoms with Crippen molar-refractivity contribution in [2.75, 3.05) is 6.54 Å². The van der Waals surface area contributed by atoms with Gasteiger partial charge in [-0.3, -0.25) is 20.3 Å². The van der Waals surface area contributed by atoms with Crippen LogP contribution in [0.4, 0.5) is 8.78 Å². The molecule has 1 unspecified atom stereocenters. The monoisotopic (exact) mass is 477 g/mol. The van der Waals surface area contributed by atoms with E-state index >= 15 is 0 Å². The Morgan fingerprint density at radius 3 is 2.76 bits per heavy atom. The molecule has 4 N–H and O–H groups in total. The average molecular weight is 478 g/mol. The maximum Gasteiger partial charge on any atom is 0.263 e. The summed E-state index contributed by atoms with van der Waals surface area (Å²) in [5.41, 5.74) is 2.95. The molecule has 0 radical (unpaired) electrons. The van der Waals surface area contributed by atoms with Crippen LogP contribution in [0.1, 0.15) is 17.5 Å². The summed E-state index contributed by atoms with van der Waals surface area (Å²) in [6.07, 6.45) is 1.16. The molecule has 2 aromatic carbocycles.